The lowest BCUT2D eigenvalue weighted by molar-refractivity contribution is -0.116. The fraction of sp³-hybridized carbons (Fsp3) is 0.364. The topological polar surface area (TPSA) is 20.3 Å². The summed E-state index contributed by atoms with van der Waals surface area (Å²) in [6.45, 7) is 2.12. The quantitative estimate of drug-likeness (QED) is 0.704. The van der Waals surface area contributed by atoms with Crippen molar-refractivity contribution in [2.75, 3.05) is 17.7 Å². The summed E-state index contributed by atoms with van der Waals surface area (Å²) in [7, 11) is 1.85. The van der Waals surface area contributed by atoms with Crippen LogP contribution < -0.4 is 4.90 Å². The van der Waals surface area contributed by atoms with Crippen LogP contribution in [0.2, 0.25) is 0 Å². The van der Waals surface area contributed by atoms with E-state index in [0.29, 0.717) is 5.75 Å². The molecule has 0 unspecified atom stereocenters. The molecule has 0 N–H and O–H groups in total. The Morgan fingerprint density at radius 1 is 1.50 bits per heavy atom. The highest BCUT2D eigenvalue weighted by molar-refractivity contribution is 8.00. The minimum absolute atomic E-state index is 0.191. The first-order valence-corrected chi connectivity index (χ1v) is 5.73. The van der Waals surface area contributed by atoms with E-state index in [4.69, 9.17) is 0 Å². The summed E-state index contributed by atoms with van der Waals surface area (Å²) in [5, 5.41) is 0. The first-order valence-electron chi connectivity index (χ1n) is 4.74. The largest absolute Gasteiger partial charge is 0.314 e. The van der Waals surface area contributed by atoms with Crippen LogP contribution >= 0.6 is 11.8 Å². The highest BCUT2D eigenvalue weighted by Crippen LogP contribution is 2.35. The van der Waals surface area contributed by atoms with Gasteiger partial charge in [0.15, 0.2) is 0 Å². The molecule has 0 aromatic heterocycles. The number of thioether (sulfide) groups is 1. The molecule has 0 atom stereocenters. The van der Waals surface area contributed by atoms with Crippen molar-refractivity contribution in [1.82, 2.24) is 0 Å². The zero-order chi connectivity index (χ0) is 10.1. The van der Waals surface area contributed by atoms with Crippen molar-refractivity contribution in [3.05, 3.63) is 23.8 Å². The number of hydrogen-bond donors (Lipinski definition) is 0. The van der Waals surface area contributed by atoms with Gasteiger partial charge in [0.05, 0.1) is 11.4 Å². The first kappa shape index (κ1) is 9.59. The number of carbonyl (C=O) groups excluding carboxylic acids is 1. The van der Waals surface area contributed by atoms with Gasteiger partial charge in [0, 0.05) is 11.9 Å². The molecule has 1 aromatic carbocycles. The van der Waals surface area contributed by atoms with E-state index in [0.717, 1.165) is 12.1 Å². The third kappa shape index (κ3) is 1.52. The Morgan fingerprint density at radius 3 is 3.00 bits per heavy atom. The Kier molecular flexibility index (Phi) is 2.50. The van der Waals surface area contributed by atoms with Crippen LogP contribution in [0, 0.1) is 0 Å². The summed E-state index contributed by atoms with van der Waals surface area (Å²) in [5.41, 5.74) is 2.34. The van der Waals surface area contributed by atoms with Crippen LogP contribution in [-0.2, 0) is 11.2 Å². The number of nitrogens with zero attached hydrogens (tertiary/aromatic N) is 1. The Morgan fingerprint density at radius 2 is 2.29 bits per heavy atom. The third-order valence-electron chi connectivity index (χ3n) is 2.52. The molecule has 0 aliphatic carbocycles. The van der Waals surface area contributed by atoms with Crippen LogP contribution in [0.25, 0.3) is 0 Å². The van der Waals surface area contributed by atoms with Crippen LogP contribution in [0.5, 0.6) is 0 Å². The second-order valence-electron chi connectivity index (χ2n) is 3.40. The van der Waals surface area contributed by atoms with Gasteiger partial charge in [-0.15, -0.1) is 11.8 Å². The summed E-state index contributed by atoms with van der Waals surface area (Å²) < 4.78 is 0. The molecule has 0 fully saturated rings. The standard InChI is InChI=1S/C11H13NOS/c1-3-8-4-5-10-9(6-8)12(2)11(13)7-14-10/h4-6H,3,7H2,1-2H3. The minimum atomic E-state index is 0.191. The van der Waals surface area contributed by atoms with E-state index in [1.807, 2.05) is 7.05 Å². The monoisotopic (exact) mass is 207 g/mol. The van der Waals surface area contributed by atoms with E-state index in [-0.39, 0.29) is 5.91 Å². The van der Waals surface area contributed by atoms with Gasteiger partial charge < -0.3 is 4.90 Å². The van der Waals surface area contributed by atoms with E-state index in [2.05, 4.69) is 25.1 Å². The lowest BCUT2D eigenvalue weighted by atomic mass is 10.1. The van der Waals surface area contributed by atoms with E-state index in [9.17, 15) is 4.79 Å². The van der Waals surface area contributed by atoms with Crippen LogP contribution in [0.4, 0.5) is 5.69 Å². The number of fused-ring (bicyclic) bond motifs is 1. The zero-order valence-electron chi connectivity index (χ0n) is 8.41. The van der Waals surface area contributed by atoms with E-state index in [1.54, 1.807) is 16.7 Å². The molecule has 3 heteroatoms. The van der Waals surface area contributed by atoms with Crippen molar-refractivity contribution in [3.63, 3.8) is 0 Å². The van der Waals surface area contributed by atoms with Gasteiger partial charge in [0.1, 0.15) is 0 Å². The molecule has 1 aromatic rings. The van der Waals surface area contributed by atoms with Crippen LogP contribution in [0.3, 0.4) is 0 Å². The number of anilines is 1. The molecule has 0 saturated carbocycles. The normalized spacial score (nSPS) is 15.6. The predicted octanol–water partition coefficient (Wildman–Crippen LogP) is 2.32. The third-order valence-corrected chi connectivity index (χ3v) is 3.57. The van der Waals surface area contributed by atoms with Crippen LogP contribution in [-0.4, -0.2) is 18.7 Å². The predicted molar refractivity (Wildman–Crippen MR) is 60.0 cm³/mol. The fourth-order valence-electron chi connectivity index (χ4n) is 1.54. The van der Waals surface area contributed by atoms with Gasteiger partial charge in [-0.3, -0.25) is 4.79 Å². The lowest BCUT2D eigenvalue weighted by Gasteiger charge is -2.25. The number of rotatable bonds is 1. The summed E-state index contributed by atoms with van der Waals surface area (Å²) >= 11 is 1.63. The molecule has 2 nitrogen and oxygen atoms in total. The highest BCUT2D eigenvalue weighted by Gasteiger charge is 2.20. The van der Waals surface area contributed by atoms with E-state index >= 15 is 0 Å². The van der Waals surface area contributed by atoms with Crippen molar-refractivity contribution in [1.29, 1.82) is 0 Å². The average molecular weight is 207 g/mol. The van der Waals surface area contributed by atoms with Gasteiger partial charge in [-0.1, -0.05) is 13.0 Å². The number of hydrogen-bond acceptors (Lipinski definition) is 2. The Hall–Kier alpha value is -0.960. The van der Waals surface area contributed by atoms with Crippen molar-refractivity contribution in [3.8, 4) is 0 Å². The van der Waals surface area contributed by atoms with Crippen LogP contribution in [0.15, 0.2) is 23.1 Å². The van der Waals surface area contributed by atoms with Gasteiger partial charge in [-0.05, 0) is 24.1 Å². The molecule has 1 aliphatic heterocycles. The summed E-state index contributed by atoms with van der Waals surface area (Å²) in [4.78, 5) is 14.4. The van der Waals surface area contributed by atoms with Gasteiger partial charge >= 0.3 is 0 Å². The Balaban J connectivity index is 2.46. The lowest BCUT2D eigenvalue weighted by Crippen LogP contribution is -2.31. The van der Waals surface area contributed by atoms with Crippen molar-refractivity contribution >= 4 is 23.4 Å². The molecule has 0 bridgehead atoms. The smallest absolute Gasteiger partial charge is 0.237 e. The van der Waals surface area contributed by atoms with Gasteiger partial charge in [0.25, 0.3) is 0 Å². The second-order valence-corrected chi connectivity index (χ2v) is 4.41. The van der Waals surface area contributed by atoms with E-state index in [1.165, 1.54) is 10.5 Å². The van der Waals surface area contributed by atoms with Crippen molar-refractivity contribution in [2.24, 2.45) is 0 Å². The molecule has 1 aliphatic rings. The average Bonchev–Trinajstić information content (AvgIpc) is 2.23. The second kappa shape index (κ2) is 3.65. The maximum atomic E-state index is 11.5. The summed E-state index contributed by atoms with van der Waals surface area (Å²) in [5.74, 6) is 0.755. The van der Waals surface area contributed by atoms with Crippen molar-refractivity contribution < 1.29 is 4.79 Å². The highest BCUT2D eigenvalue weighted by atomic mass is 32.2. The molecular weight excluding hydrogens is 194 g/mol. The maximum Gasteiger partial charge on any atom is 0.237 e. The number of benzene rings is 1. The van der Waals surface area contributed by atoms with Crippen molar-refractivity contribution in [2.45, 2.75) is 18.2 Å². The zero-order valence-corrected chi connectivity index (χ0v) is 9.23. The van der Waals surface area contributed by atoms with Crippen LogP contribution in [0.1, 0.15) is 12.5 Å². The molecule has 1 amide bonds. The van der Waals surface area contributed by atoms with Gasteiger partial charge in [-0.25, -0.2) is 0 Å². The molecule has 1 heterocycles. The molecule has 74 valence electrons. The maximum absolute atomic E-state index is 11.5. The molecular formula is C11H13NOS. The van der Waals surface area contributed by atoms with Gasteiger partial charge in [0.2, 0.25) is 5.91 Å². The molecule has 0 saturated heterocycles. The Bertz CT molecular complexity index is 376. The SMILES string of the molecule is CCc1ccc2c(c1)N(C)C(=O)CS2. The molecule has 2 rings (SSSR count). The first-order chi connectivity index (χ1) is 6.72. The fourth-order valence-corrected chi connectivity index (χ4v) is 2.52. The van der Waals surface area contributed by atoms with E-state index < -0.39 is 0 Å². The number of amides is 1. The molecule has 14 heavy (non-hydrogen) atoms. The number of carbonyl (C=O) groups is 1. The van der Waals surface area contributed by atoms with Gasteiger partial charge in [-0.2, -0.15) is 0 Å². The molecule has 0 spiro atoms. The summed E-state index contributed by atoms with van der Waals surface area (Å²) in [6, 6.07) is 6.36. The minimum Gasteiger partial charge on any atom is -0.314 e. The number of aryl methyl sites for hydroxylation is 1. The summed E-state index contributed by atoms with van der Waals surface area (Å²) in [6.07, 6.45) is 1.01. The Labute approximate surface area is 88.3 Å². The molecule has 0 radical (unpaired) electrons.